The molecule has 0 rings (SSSR count). The molecule has 0 bridgehead atoms. The van der Waals surface area contributed by atoms with Gasteiger partial charge in [0.25, 0.3) is 0 Å². The number of amides is 1. The maximum atomic E-state index is 12.0. The van der Waals surface area contributed by atoms with E-state index in [1.165, 1.54) is 7.11 Å². The minimum atomic E-state index is -0.603. The Labute approximate surface area is 121 Å². The molecule has 2 unspecified atom stereocenters. The molecule has 0 heterocycles. The molecule has 0 aliphatic heterocycles. The second-order valence-electron chi connectivity index (χ2n) is 4.90. The molecule has 0 radical (unpaired) electrons. The third-order valence-corrected chi connectivity index (χ3v) is 3.43. The molecule has 6 heteroatoms. The fraction of sp³-hybridized carbons (Fsp3) is 0.857. The van der Waals surface area contributed by atoms with Gasteiger partial charge < -0.3 is 15.2 Å². The number of ether oxygens (including phenoxy) is 1. The number of nitrogens with one attached hydrogen (secondary N) is 1. The lowest BCUT2D eigenvalue weighted by Gasteiger charge is -2.24. The SMILES string of the molecule is CCC(C)C(NC(=O)CN(CC)CCCO)C(=O)OC. The molecule has 2 N–H and O–H groups in total. The van der Waals surface area contributed by atoms with Gasteiger partial charge in [0.05, 0.1) is 13.7 Å². The molecule has 0 aliphatic carbocycles. The van der Waals surface area contributed by atoms with Crippen molar-refractivity contribution in [3.05, 3.63) is 0 Å². The summed E-state index contributed by atoms with van der Waals surface area (Å²) in [7, 11) is 1.32. The molecule has 1 amide bonds. The van der Waals surface area contributed by atoms with Crippen molar-refractivity contribution in [1.82, 2.24) is 10.2 Å². The Hall–Kier alpha value is -1.14. The largest absolute Gasteiger partial charge is 0.467 e. The van der Waals surface area contributed by atoms with Crippen LogP contribution < -0.4 is 5.32 Å². The Bertz CT molecular complexity index is 297. The van der Waals surface area contributed by atoms with E-state index in [2.05, 4.69) is 5.32 Å². The predicted molar refractivity (Wildman–Crippen MR) is 77.2 cm³/mol. The van der Waals surface area contributed by atoms with E-state index >= 15 is 0 Å². The highest BCUT2D eigenvalue weighted by Gasteiger charge is 2.26. The number of likely N-dealkylation sites (N-methyl/N-ethyl adjacent to an activating group) is 1. The topological polar surface area (TPSA) is 78.9 Å². The van der Waals surface area contributed by atoms with Crippen LogP contribution in [0.5, 0.6) is 0 Å². The van der Waals surface area contributed by atoms with Gasteiger partial charge in [-0.1, -0.05) is 27.2 Å². The lowest BCUT2D eigenvalue weighted by Crippen LogP contribution is -2.49. The van der Waals surface area contributed by atoms with Crippen LogP contribution in [-0.4, -0.2) is 61.3 Å². The van der Waals surface area contributed by atoms with Crippen molar-refractivity contribution in [2.75, 3.05) is 33.4 Å². The lowest BCUT2D eigenvalue weighted by atomic mass is 9.99. The molecule has 6 nitrogen and oxygen atoms in total. The number of carbonyl (C=O) groups is 2. The third-order valence-electron chi connectivity index (χ3n) is 3.43. The zero-order chi connectivity index (χ0) is 15.5. The minimum Gasteiger partial charge on any atom is -0.467 e. The molecule has 0 aliphatic rings. The van der Waals surface area contributed by atoms with Crippen LogP contribution in [0.25, 0.3) is 0 Å². The van der Waals surface area contributed by atoms with Crippen molar-refractivity contribution >= 4 is 11.9 Å². The monoisotopic (exact) mass is 288 g/mol. The van der Waals surface area contributed by atoms with Gasteiger partial charge in [0.15, 0.2) is 0 Å². The third kappa shape index (κ3) is 6.86. The first-order valence-electron chi connectivity index (χ1n) is 7.20. The van der Waals surface area contributed by atoms with Crippen molar-refractivity contribution in [1.29, 1.82) is 0 Å². The molecule has 0 aromatic rings. The van der Waals surface area contributed by atoms with Gasteiger partial charge in [-0.2, -0.15) is 0 Å². The van der Waals surface area contributed by atoms with Crippen molar-refractivity contribution in [3.8, 4) is 0 Å². The van der Waals surface area contributed by atoms with Crippen molar-refractivity contribution < 1.29 is 19.4 Å². The molecule has 20 heavy (non-hydrogen) atoms. The maximum absolute atomic E-state index is 12.0. The summed E-state index contributed by atoms with van der Waals surface area (Å²) in [5, 5.41) is 11.6. The fourth-order valence-electron chi connectivity index (χ4n) is 1.86. The summed E-state index contributed by atoms with van der Waals surface area (Å²) in [4.78, 5) is 25.6. The van der Waals surface area contributed by atoms with Gasteiger partial charge in [-0.3, -0.25) is 9.69 Å². The Morgan fingerprint density at radius 3 is 2.45 bits per heavy atom. The minimum absolute atomic E-state index is 0.0268. The standard InChI is InChI=1S/C14H28N2O4/c1-5-11(3)13(14(19)20-4)15-12(18)10-16(6-2)8-7-9-17/h11,13,17H,5-10H2,1-4H3,(H,15,18). The maximum Gasteiger partial charge on any atom is 0.328 e. The molecule has 0 spiro atoms. The number of rotatable bonds is 10. The van der Waals surface area contributed by atoms with E-state index < -0.39 is 12.0 Å². The number of carbonyl (C=O) groups excluding carboxylic acids is 2. The smallest absolute Gasteiger partial charge is 0.328 e. The predicted octanol–water partition coefficient (Wildman–Crippen LogP) is 0.395. The summed E-state index contributed by atoms with van der Waals surface area (Å²) >= 11 is 0. The highest BCUT2D eigenvalue weighted by molar-refractivity contribution is 5.85. The normalized spacial score (nSPS) is 13.9. The lowest BCUT2D eigenvalue weighted by molar-refractivity contribution is -0.146. The summed E-state index contributed by atoms with van der Waals surface area (Å²) in [6.45, 7) is 7.54. The van der Waals surface area contributed by atoms with E-state index in [0.29, 0.717) is 13.0 Å². The molecular weight excluding hydrogens is 260 g/mol. The summed E-state index contributed by atoms with van der Waals surface area (Å²) in [6, 6.07) is -0.603. The number of methoxy groups -OCH3 is 1. The Morgan fingerprint density at radius 2 is 2.00 bits per heavy atom. The molecule has 0 aromatic heterocycles. The quantitative estimate of drug-likeness (QED) is 0.569. The zero-order valence-electron chi connectivity index (χ0n) is 13.0. The number of esters is 1. The average Bonchev–Trinajstić information content (AvgIpc) is 2.47. The van der Waals surface area contributed by atoms with Gasteiger partial charge >= 0.3 is 5.97 Å². The average molecular weight is 288 g/mol. The molecule has 0 aromatic carbocycles. The number of nitrogens with zero attached hydrogens (tertiary/aromatic N) is 1. The molecule has 118 valence electrons. The molecule has 0 saturated heterocycles. The number of aliphatic hydroxyl groups excluding tert-OH is 1. The second-order valence-corrected chi connectivity index (χ2v) is 4.90. The van der Waals surface area contributed by atoms with Gasteiger partial charge in [-0.25, -0.2) is 4.79 Å². The first-order chi connectivity index (χ1) is 9.49. The van der Waals surface area contributed by atoms with Crippen molar-refractivity contribution in [2.45, 2.75) is 39.7 Å². The van der Waals surface area contributed by atoms with Crippen LogP contribution in [-0.2, 0) is 14.3 Å². The Kier molecular flexibility index (Phi) is 10.0. The molecule has 2 atom stereocenters. The van der Waals surface area contributed by atoms with Crippen molar-refractivity contribution in [3.63, 3.8) is 0 Å². The van der Waals surface area contributed by atoms with Crippen LogP contribution in [0.2, 0.25) is 0 Å². The van der Waals surface area contributed by atoms with Crippen molar-refractivity contribution in [2.24, 2.45) is 5.92 Å². The first kappa shape index (κ1) is 18.9. The van der Waals surface area contributed by atoms with Gasteiger partial charge in [-0.05, 0) is 18.9 Å². The van der Waals surface area contributed by atoms with Crippen LogP contribution in [0.3, 0.4) is 0 Å². The Morgan fingerprint density at radius 1 is 1.35 bits per heavy atom. The van der Waals surface area contributed by atoms with Crippen LogP contribution >= 0.6 is 0 Å². The van der Waals surface area contributed by atoms with Crippen LogP contribution in [0.15, 0.2) is 0 Å². The summed E-state index contributed by atoms with van der Waals surface area (Å²) in [5.41, 5.74) is 0. The van der Waals surface area contributed by atoms with E-state index in [1.807, 2.05) is 25.7 Å². The second kappa shape index (κ2) is 10.6. The van der Waals surface area contributed by atoms with Crippen LogP contribution in [0.4, 0.5) is 0 Å². The van der Waals surface area contributed by atoms with Gasteiger partial charge in [0.1, 0.15) is 6.04 Å². The molecule has 0 saturated carbocycles. The number of hydrogen-bond donors (Lipinski definition) is 2. The van der Waals surface area contributed by atoms with E-state index in [-0.39, 0.29) is 25.0 Å². The number of aliphatic hydroxyl groups is 1. The van der Waals surface area contributed by atoms with E-state index in [1.54, 1.807) is 0 Å². The van der Waals surface area contributed by atoms with E-state index in [4.69, 9.17) is 9.84 Å². The van der Waals surface area contributed by atoms with Crippen LogP contribution in [0.1, 0.15) is 33.6 Å². The van der Waals surface area contributed by atoms with E-state index in [0.717, 1.165) is 13.0 Å². The summed E-state index contributed by atoms with van der Waals surface area (Å²) in [5.74, 6) is -0.578. The first-order valence-corrected chi connectivity index (χ1v) is 7.20. The fourth-order valence-corrected chi connectivity index (χ4v) is 1.86. The van der Waals surface area contributed by atoms with E-state index in [9.17, 15) is 9.59 Å². The Balaban J connectivity index is 4.47. The van der Waals surface area contributed by atoms with Crippen LogP contribution in [0, 0.1) is 5.92 Å². The zero-order valence-corrected chi connectivity index (χ0v) is 13.0. The summed E-state index contributed by atoms with van der Waals surface area (Å²) < 4.78 is 4.73. The van der Waals surface area contributed by atoms with Gasteiger partial charge in [0, 0.05) is 13.2 Å². The highest BCUT2D eigenvalue weighted by atomic mass is 16.5. The summed E-state index contributed by atoms with van der Waals surface area (Å²) in [6.07, 6.45) is 1.41. The molecular formula is C14H28N2O4. The van der Waals surface area contributed by atoms with Gasteiger partial charge in [-0.15, -0.1) is 0 Å². The molecule has 0 fully saturated rings. The highest BCUT2D eigenvalue weighted by Crippen LogP contribution is 2.09. The van der Waals surface area contributed by atoms with Gasteiger partial charge in [0.2, 0.25) is 5.91 Å². The number of hydrogen-bond acceptors (Lipinski definition) is 5.